The summed E-state index contributed by atoms with van der Waals surface area (Å²) in [6.07, 6.45) is 1.10. The fraction of sp³-hybridized carbons (Fsp3) is 0.700. The number of hydrogen-bond acceptors (Lipinski definition) is 4. The van der Waals surface area contributed by atoms with Crippen molar-refractivity contribution in [2.24, 2.45) is 0 Å². The van der Waals surface area contributed by atoms with Crippen molar-refractivity contribution in [1.29, 1.82) is 0 Å². The predicted octanol–water partition coefficient (Wildman–Crippen LogP) is 1.15. The van der Waals surface area contributed by atoms with Gasteiger partial charge in [-0.05, 0) is 27.4 Å². The van der Waals surface area contributed by atoms with E-state index >= 15 is 0 Å². The van der Waals surface area contributed by atoms with Crippen LogP contribution in [0.25, 0.3) is 0 Å². The fourth-order valence-corrected chi connectivity index (χ4v) is 1.98. The topological polar surface area (TPSA) is 28.2 Å². The van der Waals surface area contributed by atoms with E-state index in [0.717, 1.165) is 26.1 Å². The molecule has 80 valence electrons. The van der Waals surface area contributed by atoms with E-state index in [0.29, 0.717) is 0 Å². The quantitative estimate of drug-likeness (QED) is 0.718. The van der Waals surface area contributed by atoms with Gasteiger partial charge in [0.05, 0.1) is 11.2 Å². The van der Waals surface area contributed by atoms with Crippen LogP contribution in [0.1, 0.15) is 10.6 Å². The van der Waals surface area contributed by atoms with E-state index in [1.54, 1.807) is 11.3 Å². The minimum atomic E-state index is 1.05. The summed E-state index contributed by atoms with van der Waals surface area (Å²) in [5.74, 6) is 0. The maximum Gasteiger partial charge on any atom is 0.0797 e. The zero-order chi connectivity index (χ0) is 10.4. The second-order valence-electron chi connectivity index (χ2n) is 3.66. The first-order chi connectivity index (χ1) is 6.70. The first-order valence-corrected chi connectivity index (χ1v) is 5.82. The van der Waals surface area contributed by atoms with Gasteiger partial charge in [0, 0.05) is 24.5 Å². The molecule has 1 heterocycles. The first kappa shape index (κ1) is 11.6. The van der Waals surface area contributed by atoms with Crippen LogP contribution in [-0.4, -0.2) is 43.6 Å². The minimum Gasteiger partial charge on any atom is -0.315 e. The lowest BCUT2D eigenvalue weighted by Gasteiger charge is -2.09. The monoisotopic (exact) mass is 213 g/mol. The summed E-state index contributed by atoms with van der Waals surface area (Å²) in [6.45, 7) is 5.29. The van der Waals surface area contributed by atoms with Crippen LogP contribution in [0, 0.1) is 6.92 Å². The van der Waals surface area contributed by atoms with Gasteiger partial charge in [-0.15, -0.1) is 11.3 Å². The molecule has 1 aromatic heterocycles. The largest absolute Gasteiger partial charge is 0.315 e. The van der Waals surface area contributed by atoms with Crippen LogP contribution in [0.15, 0.2) is 5.51 Å². The van der Waals surface area contributed by atoms with Crippen LogP contribution in [0.4, 0.5) is 0 Å². The zero-order valence-corrected chi connectivity index (χ0v) is 10.0. The molecular formula is C10H19N3S. The highest BCUT2D eigenvalue weighted by Gasteiger charge is 1.99. The molecule has 0 saturated heterocycles. The van der Waals surface area contributed by atoms with Gasteiger partial charge in [-0.1, -0.05) is 0 Å². The molecule has 0 fully saturated rings. The normalized spacial score (nSPS) is 11.1. The Hall–Kier alpha value is -0.450. The van der Waals surface area contributed by atoms with Crippen molar-refractivity contribution in [2.45, 2.75) is 13.3 Å². The summed E-state index contributed by atoms with van der Waals surface area (Å²) in [4.78, 5) is 7.82. The standard InChI is InChI=1S/C10H19N3S/c1-9-10(14-8-12-9)4-5-11-6-7-13(2)3/h8,11H,4-7H2,1-3H3. The van der Waals surface area contributed by atoms with E-state index in [2.05, 4.69) is 36.2 Å². The predicted molar refractivity (Wildman–Crippen MR) is 62.0 cm³/mol. The molecule has 0 saturated carbocycles. The van der Waals surface area contributed by atoms with Crippen molar-refractivity contribution in [3.05, 3.63) is 16.1 Å². The maximum absolute atomic E-state index is 4.23. The van der Waals surface area contributed by atoms with Crippen LogP contribution in [-0.2, 0) is 6.42 Å². The third-order valence-electron chi connectivity index (χ3n) is 2.11. The second-order valence-corrected chi connectivity index (χ2v) is 4.60. The molecule has 3 nitrogen and oxygen atoms in total. The number of likely N-dealkylation sites (N-methyl/N-ethyl adjacent to an activating group) is 1. The van der Waals surface area contributed by atoms with E-state index < -0.39 is 0 Å². The van der Waals surface area contributed by atoms with Crippen molar-refractivity contribution in [3.8, 4) is 0 Å². The second kappa shape index (κ2) is 6.11. The van der Waals surface area contributed by atoms with E-state index in [1.165, 1.54) is 10.6 Å². The Morgan fingerprint density at radius 1 is 1.43 bits per heavy atom. The van der Waals surface area contributed by atoms with Gasteiger partial charge in [0.2, 0.25) is 0 Å². The van der Waals surface area contributed by atoms with Gasteiger partial charge < -0.3 is 10.2 Å². The highest BCUT2D eigenvalue weighted by molar-refractivity contribution is 7.09. The molecule has 0 spiro atoms. The van der Waals surface area contributed by atoms with E-state index in [-0.39, 0.29) is 0 Å². The summed E-state index contributed by atoms with van der Waals surface area (Å²) in [7, 11) is 4.18. The van der Waals surface area contributed by atoms with Crippen molar-refractivity contribution in [3.63, 3.8) is 0 Å². The molecule has 1 aromatic rings. The van der Waals surface area contributed by atoms with Gasteiger partial charge in [0.15, 0.2) is 0 Å². The molecule has 0 aromatic carbocycles. The minimum absolute atomic E-state index is 1.05. The number of hydrogen-bond donors (Lipinski definition) is 1. The SMILES string of the molecule is Cc1ncsc1CCNCCN(C)C. The van der Waals surface area contributed by atoms with Crippen LogP contribution in [0.2, 0.25) is 0 Å². The van der Waals surface area contributed by atoms with Gasteiger partial charge in [-0.2, -0.15) is 0 Å². The summed E-state index contributed by atoms with van der Waals surface area (Å²) in [5, 5.41) is 3.42. The first-order valence-electron chi connectivity index (χ1n) is 4.94. The third kappa shape index (κ3) is 4.17. The Kier molecular flexibility index (Phi) is 5.07. The lowest BCUT2D eigenvalue weighted by atomic mass is 10.3. The number of nitrogens with zero attached hydrogens (tertiary/aromatic N) is 2. The Morgan fingerprint density at radius 3 is 2.79 bits per heavy atom. The summed E-state index contributed by atoms with van der Waals surface area (Å²) < 4.78 is 0. The molecule has 0 aliphatic carbocycles. The highest BCUT2D eigenvalue weighted by Crippen LogP contribution is 2.11. The zero-order valence-electron chi connectivity index (χ0n) is 9.21. The number of nitrogens with one attached hydrogen (secondary N) is 1. The smallest absolute Gasteiger partial charge is 0.0797 e. The third-order valence-corrected chi connectivity index (χ3v) is 3.10. The molecule has 14 heavy (non-hydrogen) atoms. The molecule has 1 rings (SSSR count). The van der Waals surface area contributed by atoms with Gasteiger partial charge >= 0.3 is 0 Å². The molecule has 0 unspecified atom stereocenters. The van der Waals surface area contributed by atoms with Crippen LogP contribution in [0.3, 0.4) is 0 Å². The molecule has 1 N–H and O–H groups in total. The lowest BCUT2D eigenvalue weighted by molar-refractivity contribution is 0.401. The summed E-state index contributed by atoms with van der Waals surface area (Å²) in [5.41, 5.74) is 3.11. The van der Waals surface area contributed by atoms with Gasteiger partial charge in [-0.25, -0.2) is 4.98 Å². The molecule has 0 amide bonds. The van der Waals surface area contributed by atoms with Crippen molar-refractivity contribution in [1.82, 2.24) is 15.2 Å². The highest BCUT2D eigenvalue weighted by atomic mass is 32.1. The Labute approximate surface area is 90.2 Å². The van der Waals surface area contributed by atoms with E-state index in [1.807, 2.05) is 5.51 Å². The molecule has 0 aliphatic rings. The van der Waals surface area contributed by atoms with Crippen molar-refractivity contribution < 1.29 is 0 Å². The summed E-state index contributed by atoms with van der Waals surface area (Å²) in [6, 6.07) is 0. The number of aryl methyl sites for hydroxylation is 1. The Balaban J connectivity index is 2.08. The lowest BCUT2D eigenvalue weighted by Crippen LogP contribution is -2.27. The van der Waals surface area contributed by atoms with E-state index in [4.69, 9.17) is 0 Å². The number of rotatable bonds is 6. The van der Waals surface area contributed by atoms with Gasteiger partial charge in [0.1, 0.15) is 0 Å². The molecule has 0 bridgehead atoms. The molecule has 0 aliphatic heterocycles. The molecule has 0 atom stereocenters. The number of aromatic nitrogens is 1. The van der Waals surface area contributed by atoms with Gasteiger partial charge in [0.25, 0.3) is 0 Å². The van der Waals surface area contributed by atoms with Gasteiger partial charge in [-0.3, -0.25) is 0 Å². The fourth-order valence-electron chi connectivity index (χ4n) is 1.20. The van der Waals surface area contributed by atoms with Crippen LogP contribution in [0.5, 0.6) is 0 Å². The summed E-state index contributed by atoms with van der Waals surface area (Å²) >= 11 is 1.75. The van der Waals surface area contributed by atoms with Crippen LogP contribution < -0.4 is 5.32 Å². The molecular weight excluding hydrogens is 194 g/mol. The average molecular weight is 213 g/mol. The average Bonchev–Trinajstić information content (AvgIpc) is 2.51. The Morgan fingerprint density at radius 2 is 2.21 bits per heavy atom. The maximum atomic E-state index is 4.23. The molecule has 0 radical (unpaired) electrons. The Bertz CT molecular complexity index is 258. The van der Waals surface area contributed by atoms with Crippen LogP contribution >= 0.6 is 11.3 Å². The van der Waals surface area contributed by atoms with E-state index in [9.17, 15) is 0 Å². The molecule has 4 heteroatoms. The number of thiazole rings is 1. The van der Waals surface area contributed by atoms with Crippen molar-refractivity contribution >= 4 is 11.3 Å². The van der Waals surface area contributed by atoms with Crippen molar-refractivity contribution in [2.75, 3.05) is 33.7 Å².